The Morgan fingerprint density at radius 1 is 0.917 bits per heavy atom. The van der Waals surface area contributed by atoms with Gasteiger partial charge in [-0.3, -0.25) is 10.1 Å². The molecule has 0 aliphatic heterocycles. The van der Waals surface area contributed by atoms with E-state index in [9.17, 15) is 41.3 Å². The first-order valence-corrected chi connectivity index (χ1v) is 5.82. The Morgan fingerprint density at radius 3 is 1.92 bits per heavy atom. The summed E-state index contributed by atoms with van der Waals surface area (Å²) in [6, 6.07) is 1.55. The first-order valence-electron chi connectivity index (χ1n) is 5.82. The van der Waals surface area contributed by atoms with Crippen molar-refractivity contribution < 1.29 is 40.8 Å². The van der Waals surface area contributed by atoms with Crippen molar-refractivity contribution in [2.24, 2.45) is 0 Å². The number of benzene rings is 2. The molecule has 0 heterocycles. The summed E-state index contributed by atoms with van der Waals surface area (Å²) in [7, 11) is 0. The molecular formula is C13H3F6NO4. The van der Waals surface area contributed by atoms with E-state index in [2.05, 4.69) is 4.74 Å². The van der Waals surface area contributed by atoms with Crippen molar-refractivity contribution in [2.45, 2.75) is 0 Å². The molecule has 0 unspecified atom stereocenters. The minimum atomic E-state index is -2.50. The molecule has 0 amide bonds. The Kier molecular flexibility index (Phi) is 4.44. The van der Waals surface area contributed by atoms with Crippen LogP contribution >= 0.6 is 0 Å². The lowest BCUT2D eigenvalue weighted by Gasteiger charge is -2.08. The molecule has 0 radical (unpaired) electrons. The number of ether oxygens (including phenoxy) is 1. The molecule has 126 valence electrons. The van der Waals surface area contributed by atoms with E-state index in [1.807, 2.05) is 0 Å². The minimum absolute atomic E-state index is 0.335. The predicted octanol–water partition coefficient (Wildman–Crippen LogP) is 3.65. The van der Waals surface area contributed by atoms with Crippen LogP contribution in [0.25, 0.3) is 0 Å². The smallest absolute Gasteiger partial charge is 0.350 e. The largest absolute Gasteiger partial charge is 0.415 e. The molecular weight excluding hydrogens is 348 g/mol. The fourth-order valence-corrected chi connectivity index (χ4v) is 1.66. The number of carbonyl (C=O) groups excluding carboxylic acids is 1. The molecule has 0 atom stereocenters. The van der Waals surface area contributed by atoms with E-state index in [0.29, 0.717) is 18.2 Å². The van der Waals surface area contributed by atoms with E-state index in [1.165, 1.54) is 0 Å². The number of nitrogens with zero attached hydrogens (tertiary/aromatic N) is 1. The van der Waals surface area contributed by atoms with Gasteiger partial charge in [0.2, 0.25) is 11.6 Å². The second-order valence-corrected chi connectivity index (χ2v) is 4.20. The average Bonchev–Trinajstić information content (AvgIpc) is 2.51. The number of hydrogen-bond donors (Lipinski definition) is 0. The van der Waals surface area contributed by atoms with Gasteiger partial charge < -0.3 is 4.74 Å². The average molecular weight is 351 g/mol. The third-order valence-corrected chi connectivity index (χ3v) is 2.74. The van der Waals surface area contributed by atoms with Crippen LogP contribution in [0.1, 0.15) is 10.4 Å². The topological polar surface area (TPSA) is 69.4 Å². The molecule has 2 aromatic rings. The van der Waals surface area contributed by atoms with E-state index in [-0.39, 0.29) is 0 Å². The van der Waals surface area contributed by atoms with E-state index in [1.54, 1.807) is 0 Å². The summed E-state index contributed by atoms with van der Waals surface area (Å²) in [5.41, 5.74) is -2.93. The van der Waals surface area contributed by atoms with Gasteiger partial charge >= 0.3 is 11.7 Å². The monoisotopic (exact) mass is 351 g/mol. The Labute approximate surface area is 128 Å². The number of nitro groups is 1. The van der Waals surface area contributed by atoms with Gasteiger partial charge in [0, 0.05) is 12.1 Å². The highest BCUT2D eigenvalue weighted by molar-refractivity contribution is 5.92. The molecule has 2 aromatic carbocycles. The van der Waals surface area contributed by atoms with Crippen LogP contribution in [0.4, 0.5) is 32.0 Å². The van der Waals surface area contributed by atoms with Gasteiger partial charge in [0.15, 0.2) is 23.3 Å². The molecule has 0 spiro atoms. The van der Waals surface area contributed by atoms with Crippen LogP contribution in [0, 0.1) is 45.0 Å². The van der Waals surface area contributed by atoms with Crippen molar-refractivity contribution in [2.75, 3.05) is 0 Å². The quantitative estimate of drug-likeness (QED) is 0.161. The van der Waals surface area contributed by atoms with Gasteiger partial charge in [-0.05, 0) is 6.07 Å². The van der Waals surface area contributed by atoms with E-state index in [0.717, 1.165) is 0 Å². The fraction of sp³-hybridized carbons (Fsp3) is 0. The summed E-state index contributed by atoms with van der Waals surface area (Å²) in [6.45, 7) is 0. The summed E-state index contributed by atoms with van der Waals surface area (Å²) in [5, 5.41) is 10.7. The summed E-state index contributed by atoms with van der Waals surface area (Å²) < 4.78 is 83.2. The second-order valence-electron chi connectivity index (χ2n) is 4.20. The SMILES string of the molecule is O=C(Oc1cc(F)ccc1[N+](=O)[O-])c1c(F)c(F)c(F)c(F)c1F. The number of halogens is 6. The molecule has 0 aliphatic carbocycles. The molecule has 0 fully saturated rings. The number of rotatable bonds is 3. The first kappa shape index (κ1) is 17.2. The molecule has 0 bridgehead atoms. The molecule has 24 heavy (non-hydrogen) atoms. The van der Waals surface area contributed by atoms with Crippen molar-refractivity contribution in [3.8, 4) is 5.75 Å². The van der Waals surface area contributed by atoms with Gasteiger partial charge in [-0.25, -0.2) is 31.1 Å². The summed E-state index contributed by atoms with van der Waals surface area (Å²) in [5.74, 6) is -16.6. The summed E-state index contributed by atoms with van der Waals surface area (Å²) in [4.78, 5) is 21.3. The highest BCUT2D eigenvalue weighted by atomic mass is 19.2. The highest BCUT2D eigenvalue weighted by Gasteiger charge is 2.32. The van der Waals surface area contributed by atoms with Gasteiger partial charge in [-0.1, -0.05) is 0 Å². The Hall–Kier alpha value is -3.11. The third kappa shape index (κ3) is 2.87. The summed E-state index contributed by atoms with van der Waals surface area (Å²) >= 11 is 0. The van der Waals surface area contributed by atoms with Crippen molar-refractivity contribution in [3.05, 3.63) is 68.8 Å². The van der Waals surface area contributed by atoms with Gasteiger partial charge in [0.1, 0.15) is 11.4 Å². The second kappa shape index (κ2) is 6.18. The third-order valence-electron chi connectivity index (χ3n) is 2.74. The minimum Gasteiger partial charge on any atom is -0.415 e. The van der Waals surface area contributed by atoms with Gasteiger partial charge in [0.05, 0.1) is 4.92 Å². The Morgan fingerprint density at radius 2 is 1.42 bits per heavy atom. The van der Waals surface area contributed by atoms with Crippen LogP contribution in [0.15, 0.2) is 18.2 Å². The van der Waals surface area contributed by atoms with E-state index >= 15 is 0 Å². The van der Waals surface area contributed by atoms with Gasteiger partial charge in [-0.15, -0.1) is 0 Å². The standard InChI is InChI=1S/C13H3F6NO4/c14-4-1-2-5(20(22)23)6(3-4)24-13(21)7-8(15)10(17)12(19)11(18)9(7)16/h1-3H. The lowest BCUT2D eigenvalue weighted by Crippen LogP contribution is -2.18. The van der Waals surface area contributed by atoms with Crippen molar-refractivity contribution in [3.63, 3.8) is 0 Å². The van der Waals surface area contributed by atoms with Crippen molar-refractivity contribution in [1.82, 2.24) is 0 Å². The van der Waals surface area contributed by atoms with Crippen LogP contribution in [-0.4, -0.2) is 10.9 Å². The van der Waals surface area contributed by atoms with Crippen molar-refractivity contribution >= 4 is 11.7 Å². The molecule has 0 aliphatic rings. The Balaban J connectivity index is 2.53. The van der Waals surface area contributed by atoms with Gasteiger partial charge in [0.25, 0.3) is 0 Å². The van der Waals surface area contributed by atoms with Crippen LogP contribution in [0.5, 0.6) is 5.75 Å². The molecule has 0 aromatic heterocycles. The molecule has 5 nitrogen and oxygen atoms in total. The number of hydrogen-bond acceptors (Lipinski definition) is 4. The molecule has 0 saturated carbocycles. The number of nitro benzene ring substituents is 1. The highest BCUT2D eigenvalue weighted by Crippen LogP contribution is 2.30. The zero-order valence-corrected chi connectivity index (χ0v) is 11.1. The summed E-state index contributed by atoms with van der Waals surface area (Å²) in [6.07, 6.45) is 0. The maximum absolute atomic E-state index is 13.5. The first-order chi connectivity index (χ1) is 11.1. The maximum atomic E-state index is 13.5. The predicted molar refractivity (Wildman–Crippen MR) is 64.2 cm³/mol. The Bertz CT molecular complexity index is 841. The lowest BCUT2D eigenvalue weighted by atomic mass is 10.1. The molecule has 2 rings (SSSR count). The zero-order valence-electron chi connectivity index (χ0n) is 11.1. The van der Waals surface area contributed by atoms with E-state index in [4.69, 9.17) is 0 Å². The number of esters is 1. The molecule has 11 heteroatoms. The number of carbonyl (C=O) groups is 1. The van der Waals surface area contributed by atoms with Crippen LogP contribution in [0.2, 0.25) is 0 Å². The lowest BCUT2D eigenvalue weighted by molar-refractivity contribution is -0.385. The van der Waals surface area contributed by atoms with Gasteiger partial charge in [-0.2, -0.15) is 0 Å². The zero-order chi connectivity index (χ0) is 18.2. The van der Waals surface area contributed by atoms with Crippen molar-refractivity contribution in [1.29, 1.82) is 0 Å². The maximum Gasteiger partial charge on any atom is 0.350 e. The molecule has 0 N–H and O–H groups in total. The van der Waals surface area contributed by atoms with E-state index < -0.39 is 62.8 Å². The van der Waals surface area contributed by atoms with Crippen LogP contribution < -0.4 is 4.74 Å². The molecule has 0 saturated heterocycles. The fourth-order valence-electron chi connectivity index (χ4n) is 1.66. The normalized spacial score (nSPS) is 10.6. The van der Waals surface area contributed by atoms with Crippen LogP contribution in [0.3, 0.4) is 0 Å². The van der Waals surface area contributed by atoms with Crippen LogP contribution in [-0.2, 0) is 0 Å².